The maximum Gasteiger partial charge on any atom is 0.303 e. The predicted molar refractivity (Wildman–Crippen MR) is 147 cm³/mol. The minimum atomic E-state index is -0.933. The third-order valence-electron chi connectivity index (χ3n) is 6.55. The number of anilines is 1. The van der Waals surface area contributed by atoms with E-state index in [1.807, 2.05) is 23.1 Å². The quantitative estimate of drug-likeness (QED) is 0.202. The van der Waals surface area contributed by atoms with E-state index in [4.69, 9.17) is 22.1 Å². The number of aliphatic carboxylic acids is 1. The summed E-state index contributed by atoms with van der Waals surface area (Å²) in [7, 11) is 1.66. The average Bonchev–Trinajstić information content (AvgIpc) is 3.15. The van der Waals surface area contributed by atoms with Gasteiger partial charge in [0, 0.05) is 32.1 Å². The Kier molecular flexibility index (Phi) is 8.45. The van der Waals surface area contributed by atoms with Crippen LogP contribution in [-0.2, 0) is 9.59 Å². The van der Waals surface area contributed by atoms with Crippen LogP contribution >= 0.6 is 24.0 Å². The minimum Gasteiger partial charge on any atom is -0.496 e. The molecule has 37 heavy (non-hydrogen) atoms. The van der Waals surface area contributed by atoms with Gasteiger partial charge < -0.3 is 14.7 Å². The molecule has 11 heteroatoms. The van der Waals surface area contributed by atoms with Crippen molar-refractivity contribution in [1.82, 2.24) is 4.90 Å². The van der Waals surface area contributed by atoms with Crippen molar-refractivity contribution in [3.8, 4) is 5.75 Å². The van der Waals surface area contributed by atoms with Gasteiger partial charge in [0.05, 0.1) is 16.9 Å². The molecule has 2 aliphatic heterocycles. The predicted octanol–water partition coefficient (Wildman–Crippen LogP) is 5.05. The van der Waals surface area contributed by atoms with E-state index < -0.39 is 10.9 Å². The minimum absolute atomic E-state index is 0.0126. The van der Waals surface area contributed by atoms with Crippen LogP contribution in [0.15, 0.2) is 47.4 Å². The van der Waals surface area contributed by atoms with Crippen LogP contribution in [0.3, 0.4) is 0 Å². The number of carbonyl (C=O) groups is 2. The van der Waals surface area contributed by atoms with Crippen LogP contribution < -0.4 is 9.64 Å². The molecule has 0 unspecified atom stereocenters. The summed E-state index contributed by atoms with van der Waals surface area (Å²) in [5, 5.41) is 20.8. The molecule has 2 saturated heterocycles. The second-order valence-electron chi connectivity index (χ2n) is 8.84. The van der Waals surface area contributed by atoms with Crippen LogP contribution in [0.25, 0.3) is 6.08 Å². The fourth-order valence-corrected chi connectivity index (χ4v) is 6.02. The van der Waals surface area contributed by atoms with Crippen molar-refractivity contribution in [2.75, 3.05) is 31.6 Å². The third-order valence-corrected chi connectivity index (χ3v) is 7.93. The molecule has 0 aliphatic carbocycles. The van der Waals surface area contributed by atoms with E-state index in [0.717, 1.165) is 35.9 Å². The summed E-state index contributed by atoms with van der Waals surface area (Å²) >= 11 is 6.40. The number of para-hydroxylation sites is 1. The summed E-state index contributed by atoms with van der Waals surface area (Å²) in [5.74, 6) is -0.0605. The number of hydrogen-bond acceptors (Lipinski definition) is 8. The second-order valence-corrected chi connectivity index (χ2v) is 10.5. The first kappa shape index (κ1) is 26.6. The lowest BCUT2D eigenvalue weighted by Crippen LogP contribution is -2.33. The molecule has 2 aromatic carbocycles. The van der Waals surface area contributed by atoms with Gasteiger partial charge in [0.1, 0.15) is 15.8 Å². The Bertz CT molecular complexity index is 1260. The zero-order valence-electron chi connectivity index (χ0n) is 20.3. The highest BCUT2D eigenvalue weighted by atomic mass is 32.2. The van der Waals surface area contributed by atoms with Crippen LogP contribution in [-0.4, -0.2) is 57.9 Å². The molecule has 0 spiro atoms. The third kappa shape index (κ3) is 6.11. The van der Waals surface area contributed by atoms with Crippen molar-refractivity contribution in [3.63, 3.8) is 0 Å². The fraction of sp³-hybridized carbons (Fsp3) is 0.346. The molecule has 4 rings (SSSR count). The molecule has 1 amide bonds. The van der Waals surface area contributed by atoms with Gasteiger partial charge in [0.2, 0.25) is 0 Å². The van der Waals surface area contributed by atoms with Crippen molar-refractivity contribution in [3.05, 3.63) is 68.6 Å². The number of ether oxygens (including phenoxy) is 1. The molecule has 2 aliphatic rings. The number of nitrogens with zero attached hydrogens (tertiary/aromatic N) is 3. The summed E-state index contributed by atoms with van der Waals surface area (Å²) in [5.41, 5.74) is 2.24. The number of rotatable bonds is 9. The molecule has 1 N–H and O–H groups in total. The Hall–Kier alpha value is -3.44. The number of carboxylic acids is 1. The van der Waals surface area contributed by atoms with Crippen LogP contribution in [0.1, 0.15) is 42.7 Å². The standard InChI is InChI=1S/C26H27N3O6S2/c1-35-22-6-3-2-5-19(22)18-10-13-27(14-11-18)20-9-8-17(15-21(20)29(33)34)16-23-25(32)28(26(36)37-23)12-4-7-24(30)31/h2-3,5-6,8-9,15-16,18H,4,7,10-14H2,1H3,(H,30,31)/b23-16-. The van der Waals surface area contributed by atoms with Gasteiger partial charge in [-0.15, -0.1) is 0 Å². The van der Waals surface area contributed by atoms with Gasteiger partial charge in [-0.05, 0) is 54.5 Å². The van der Waals surface area contributed by atoms with Gasteiger partial charge in [-0.1, -0.05) is 48.2 Å². The lowest BCUT2D eigenvalue weighted by Gasteiger charge is -2.34. The van der Waals surface area contributed by atoms with Gasteiger partial charge in [-0.2, -0.15) is 0 Å². The Balaban J connectivity index is 1.48. The monoisotopic (exact) mass is 541 g/mol. The van der Waals surface area contributed by atoms with E-state index in [0.29, 0.717) is 45.9 Å². The van der Waals surface area contributed by atoms with Crippen molar-refractivity contribution >= 4 is 57.6 Å². The molecule has 0 aromatic heterocycles. The van der Waals surface area contributed by atoms with Crippen LogP contribution in [0.2, 0.25) is 0 Å². The number of nitro groups is 1. The number of carboxylic acid groups (broad SMARTS) is 1. The number of thiocarbonyl (C=S) groups is 1. The molecule has 9 nitrogen and oxygen atoms in total. The fourth-order valence-electron chi connectivity index (χ4n) is 4.71. The molecule has 0 radical (unpaired) electrons. The number of methoxy groups -OCH3 is 1. The maximum atomic E-state index is 12.8. The van der Waals surface area contributed by atoms with Gasteiger partial charge in [0.25, 0.3) is 11.6 Å². The van der Waals surface area contributed by atoms with Gasteiger partial charge in [0.15, 0.2) is 0 Å². The van der Waals surface area contributed by atoms with Crippen molar-refractivity contribution < 1.29 is 24.4 Å². The van der Waals surface area contributed by atoms with Gasteiger partial charge in [-0.25, -0.2) is 0 Å². The molecule has 0 atom stereocenters. The molecule has 0 bridgehead atoms. The normalized spacial score (nSPS) is 17.5. The SMILES string of the molecule is COc1ccccc1C1CCN(c2ccc(/C=C3\SC(=S)N(CCCC(=O)O)C3=O)cc2[N+](=O)[O-])CC1. The van der Waals surface area contributed by atoms with Crippen molar-refractivity contribution in [1.29, 1.82) is 0 Å². The molecular formula is C26H27N3O6S2. The van der Waals surface area contributed by atoms with Crippen molar-refractivity contribution in [2.45, 2.75) is 31.6 Å². The Labute approximate surface area is 224 Å². The Morgan fingerprint density at radius 2 is 2.00 bits per heavy atom. The van der Waals surface area contributed by atoms with E-state index in [1.165, 1.54) is 11.0 Å². The van der Waals surface area contributed by atoms with Gasteiger partial charge >= 0.3 is 5.97 Å². The Morgan fingerprint density at radius 1 is 1.27 bits per heavy atom. The number of benzene rings is 2. The van der Waals surface area contributed by atoms with E-state index in [2.05, 4.69) is 6.07 Å². The summed E-state index contributed by atoms with van der Waals surface area (Å²) in [6.45, 7) is 1.58. The number of piperidine rings is 1. The van der Waals surface area contributed by atoms with Crippen LogP contribution in [0.5, 0.6) is 5.75 Å². The molecule has 2 aromatic rings. The lowest BCUT2D eigenvalue weighted by molar-refractivity contribution is -0.384. The smallest absolute Gasteiger partial charge is 0.303 e. The molecule has 0 saturated carbocycles. The summed E-state index contributed by atoms with van der Waals surface area (Å²) in [6.07, 6.45) is 3.54. The summed E-state index contributed by atoms with van der Waals surface area (Å²) in [4.78, 5) is 38.9. The number of thioether (sulfide) groups is 1. The van der Waals surface area contributed by atoms with Crippen LogP contribution in [0, 0.1) is 10.1 Å². The topological polar surface area (TPSA) is 113 Å². The number of hydrogen-bond donors (Lipinski definition) is 1. The highest BCUT2D eigenvalue weighted by Gasteiger charge is 2.32. The van der Waals surface area contributed by atoms with Crippen LogP contribution in [0.4, 0.5) is 11.4 Å². The lowest BCUT2D eigenvalue weighted by atomic mass is 9.88. The van der Waals surface area contributed by atoms with E-state index in [-0.39, 0.29) is 24.6 Å². The first-order valence-electron chi connectivity index (χ1n) is 11.9. The first-order valence-corrected chi connectivity index (χ1v) is 13.1. The number of nitro benzene ring substituents is 1. The highest BCUT2D eigenvalue weighted by molar-refractivity contribution is 8.26. The van der Waals surface area contributed by atoms with E-state index in [1.54, 1.807) is 25.3 Å². The summed E-state index contributed by atoms with van der Waals surface area (Å²) in [6, 6.07) is 13.0. The van der Waals surface area contributed by atoms with Gasteiger partial charge in [-0.3, -0.25) is 24.6 Å². The molecule has 2 fully saturated rings. The molecule has 194 valence electrons. The first-order chi connectivity index (χ1) is 17.8. The number of amides is 1. The zero-order chi connectivity index (χ0) is 26.5. The van der Waals surface area contributed by atoms with E-state index in [9.17, 15) is 19.7 Å². The maximum absolute atomic E-state index is 12.8. The van der Waals surface area contributed by atoms with E-state index >= 15 is 0 Å². The van der Waals surface area contributed by atoms with Crippen molar-refractivity contribution in [2.24, 2.45) is 0 Å². The molecular weight excluding hydrogens is 514 g/mol. The largest absolute Gasteiger partial charge is 0.496 e. The Morgan fingerprint density at radius 3 is 2.68 bits per heavy atom. The average molecular weight is 542 g/mol. The second kappa shape index (κ2) is 11.7. The number of carbonyl (C=O) groups excluding carboxylic acids is 1. The highest BCUT2D eigenvalue weighted by Crippen LogP contribution is 2.39. The molecule has 2 heterocycles. The summed E-state index contributed by atoms with van der Waals surface area (Å²) < 4.78 is 5.86. The zero-order valence-corrected chi connectivity index (χ0v) is 21.9.